The van der Waals surface area contributed by atoms with Gasteiger partial charge in [0.25, 0.3) is 0 Å². The summed E-state index contributed by atoms with van der Waals surface area (Å²) in [6.45, 7) is 0.321. The minimum atomic E-state index is -2.34. The molecule has 4 aromatic rings. The molecular weight excluding hydrogens is 447 g/mol. The van der Waals surface area contributed by atoms with Gasteiger partial charge in [-0.15, -0.1) is 0 Å². The molecule has 1 saturated carbocycles. The molecule has 1 aliphatic carbocycles. The molecule has 5 rings (SSSR count). The van der Waals surface area contributed by atoms with Crippen LogP contribution in [0.1, 0.15) is 36.6 Å². The number of hydrogen-bond acceptors (Lipinski definition) is 5. The number of nitrogens with zero attached hydrogens (tertiary/aromatic N) is 3. The standard InChI is InChI=1S/C23H21ClN4O3P/c24-22-21-20(27-23(16-7-4-8-16)28(21)12-11-26-22)17-9-10-18(31-32(25)29)19(13-17)30-14-15-5-2-1-3-6-15/h1-3,5-6,9-13,16H,4,7-8,14H2,(H2,25,29)/q+1. The zero-order valence-corrected chi connectivity index (χ0v) is 18.8. The Kier molecular flexibility index (Phi) is 5.79. The molecule has 0 bridgehead atoms. The average Bonchev–Trinajstić information content (AvgIpc) is 3.13. The number of imidazole rings is 1. The fourth-order valence-electron chi connectivity index (χ4n) is 3.86. The van der Waals surface area contributed by atoms with Gasteiger partial charge in [0.05, 0.1) is 5.69 Å². The fraction of sp³-hybridized carbons (Fsp3) is 0.217. The van der Waals surface area contributed by atoms with Crippen molar-refractivity contribution in [3.05, 3.63) is 77.5 Å². The van der Waals surface area contributed by atoms with Crippen molar-refractivity contribution in [3.8, 4) is 22.8 Å². The van der Waals surface area contributed by atoms with Crippen LogP contribution in [0.2, 0.25) is 5.15 Å². The van der Waals surface area contributed by atoms with E-state index in [0.29, 0.717) is 29.2 Å². The van der Waals surface area contributed by atoms with E-state index in [4.69, 9.17) is 31.3 Å². The molecule has 1 atom stereocenters. The highest BCUT2D eigenvalue weighted by atomic mass is 35.5. The van der Waals surface area contributed by atoms with E-state index in [1.54, 1.807) is 12.3 Å². The van der Waals surface area contributed by atoms with Gasteiger partial charge in [-0.2, -0.15) is 0 Å². The summed E-state index contributed by atoms with van der Waals surface area (Å²) in [7, 11) is -2.34. The molecule has 1 aliphatic rings. The van der Waals surface area contributed by atoms with Crippen LogP contribution in [0.4, 0.5) is 0 Å². The number of aromatic nitrogens is 3. The number of nitrogens with two attached hydrogens (primary N) is 1. The van der Waals surface area contributed by atoms with Crippen molar-refractivity contribution in [2.45, 2.75) is 31.8 Å². The number of ether oxygens (including phenoxy) is 1. The topological polar surface area (TPSA) is 91.7 Å². The number of hydrogen-bond donors (Lipinski definition) is 1. The van der Waals surface area contributed by atoms with E-state index in [2.05, 4.69) is 4.98 Å². The van der Waals surface area contributed by atoms with Crippen LogP contribution in [0.3, 0.4) is 0 Å². The van der Waals surface area contributed by atoms with Gasteiger partial charge in [0.1, 0.15) is 17.9 Å². The average molecular weight is 468 g/mol. The number of rotatable bonds is 7. The van der Waals surface area contributed by atoms with Crippen LogP contribution in [0.25, 0.3) is 16.8 Å². The molecule has 162 valence electrons. The fourth-order valence-corrected chi connectivity index (χ4v) is 4.44. The largest absolute Gasteiger partial charge is 0.661 e. The van der Waals surface area contributed by atoms with Crippen molar-refractivity contribution in [2.75, 3.05) is 0 Å². The summed E-state index contributed by atoms with van der Waals surface area (Å²) in [4.78, 5) is 9.21. The molecule has 0 saturated heterocycles. The summed E-state index contributed by atoms with van der Waals surface area (Å²) < 4.78 is 24.9. The second kappa shape index (κ2) is 8.87. The van der Waals surface area contributed by atoms with Crippen molar-refractivity contribution in [1.29, 1.82) is 0 Å². The van der Waals surface area contributed by atoms with Crippen LogP contribution in [0.5, 0.6) is 11.5 Å². The molecule has 32 heavy (non-hydrogen) atoms. The quantitative estimate of drug-likeness (QED) is 0.341. The Morgan fingerprint density at radius 1 is 1.16 bits per heavy atom. The van der Waals surface area contributed by atoms with Gasteiger partial charge in [-0.25, -0.2) is 14.5 Å². The molecule has 1 fully saturated rings. The van der Waals surface area contributed by atoms with E-state index >= 15 is 0 Å². The van der Waals surface area contributed by atoms with Crippen LogP contribution in [-0.2, 0) is 11.2 Å². The van der Waals surface area contributed by atoms with Crippen LogP contribution < -0.4 is 14.8 Å². The lowest BCUT2D eigenvalue weighted by Crippen LogP contribution is -2.12. The Bertz CT molecular complexity index is 1290. The van der Waals surface area contributed by atoms with E-state index in [-0.39, 0.29) is 0 Å². The number of halogens is 1. The molecule has 0 amide bonds. The Morgan fingerprint density at radius 3 is 2.69 bits per heavy atom. The zero-order valence-electron chi connectivity index (χ0n) is 17.1. The molecule has 0 radical (unpaired) electrons. The van der Waals surface area contributed by atoms with Crippen LogP contribution in [0, 0.1) is 0 Å². The van der Waals surface area contributed by atoms with Crippen molar-refractivity contribution in [3.63, 3.8) is 0 Å². The Balaban J connectivity index is 1.57. The first-order valence-electron chi connectivity index (χ1n) is 10.3. The van der Waals surface area contributed by atoms with Crippen LogP contribution in [0.15, 0.2) is 60.9 Å². The SMILES string of the molecule is N[P+](=O)Oc1ccc(-c2nc(C3CCC3)n3ccnc(Cl)c23)cc1OCc1ccccc1. The summed E-state index contributed by atoms with van der Waals surface area (Å²) in [5.74, 6) is 2.13. The van der Waals surface area contributed by atoms with E-state index in [1.807, 2.05) is 53.1 Å². The van der Waals surface area contributed by atoms with Gasteiger partial charge in [-0.1, -0.05) is 53.9 Å². The third kappa shape index (κ3) is 4.07. The van der Waals surface area contributed by atoms with Crippen molar-refractivity contribution in [2.24, 2.45) is 5.50 Å². The van der Waals surface area contributed by atoms with Crippen molar-refractivity contribution in [1.82, 2.24) is 14.4 Å². The smallest absolute Gasteiger partial charge is 0.485 e. The van der Waals surface area contributed by atoms with E-state index in [1.165, 1.54) is 6.42 Å². The first-order valence-corrected chi connectivity index (χ1v) is 12.0. The maximum Gasteiger partial charge on any atom is 0.661 e. The lowest BCUT2D eigenvalue weighted by atomic mass is 9.85. The Labute approximate surface area is 191 Å². The first-order chi connectivity index (χ1) is 15.6. The Hall–Kier alpha value is -2.99. The van der Waals surface area contributed by atoms with Gasteiger partial charge in [0.15, 0.2) is 10.9 Å². The molecule has 2 aromatic heterocycles. The monoisotopic (exact) mass is 467 g/mol. The van der Waals surface area contributed by atoms with Gasteiger partial charge in [-0.05, 0) is 36.6 Å². The van der Waals surface area contributed by atoms with Gasteiger partial charge >= 0.3 is 8.18 Å². The zero-order chi connectivity index (χ0) is 22.1. The lowest BCUT2D eigenvalue weighted by molar-refractivity contribution is 0.297. The maximum atomic E-state index is 11.5. The lowest BCUT2D eigenvalue weighted by Gasteiger charge is -2.23. The summed E-state index contributed by atoms with van der Waals surface area (Å²) in [5.41, 5.74) is 8.66. The predicted molar refractivity (Wildman–Crippen MR) is 123 cm³/mol. The molecule has 2 aromatic carbocycles. The third-order valence-corrected chi connectivity index (χ3v) is 6.30. The van der Waals surface area contributed by atoms with Crippen molar-refractivity contribution >= 4 is 25.3 Å². The summed E-state index contributed by atoms with van der Waals surface area (Å²) >= 11 is 6.49. The molecule has 2 heterocycles. The highest BCUT2D eigenvalue weighted by Crippen LogP contribution is 2.41. The normalized spacial score (nSPS) is 14.2. The van der Waals surface area contributed by atoms with Gasteiger partial charge in [0.2, 0.25) is 5.75 Å². The van der Waals surface area contributed by atoms with E-state index in [9.17, 15) is 4.57 Å². The molecule has 1 unspecified atom stereocenters. The highest BCUT2D eigenvalue weighted by Gasteiger charge is 2.27. The molecular formula is C23H21ClN4O3P+. The second-order valence-corrected chi connectivity index (χ2v) is 8.81. The molecule has 0 spiro atoms. The molecule has 7 nitrogen and oxygen atoms in total. The highest BCUT2D eigenvalue weighted by molar-refractivity contribution is 7.36. The summed E-state index contributed by atoms with van der Waals surface area (Å²) in [6, 6.07) is 15.1. The second-order valence-electron chi connectivity index (χ2n) is 7.70. The van der Waals surface area contributed by atoms with Crippen molar-refractivity contribution < 1.29 is 13.8 Å². The van der Waals surface area contributed by atoms with E-state index < -0.39 is 8.18 Å². The van der Waals surface area contributed by atoms with E-state index in [0.717, 1.165) is 41.0 Å². The minimum absolute atomic E-state index is 0.306. The molecule has 2 N–H and O–H groups in total. The summed E-state index contributed by atoms with van der Waals surface area (Å²) in [5, 5.41) is 0.387. The summed E-state index contributed by atoms with van der Waals surface area (Å²) in [6.07, 6.45) is 7.01. The third-order valence-electron chi connectivity index (χ3n) is 5.65. The minimum Gasteiger partial charge on any atom is -0.485 e. The molecule has 0 aliphatic heterocycles. The van der Waals surface area contributed by atoms with Crippen LogP contribution in [-0.4, -0.2) is 14.4 Å². The van der Waals surface area contributed by atoms with Gasteiger partial charge < -0.3 is 4.74 Å². The Morgan fingerprint density at radius 2 is 1.97 bits per heavy atom. The first kappa shape index (κ1) is 20.9. The number of fused-ring (bicyclic) bond motifs is 1. The van der Waals surface area contributed by atoms with Gasteiger partial charge in [0, 0.05) is 28.4 Å². The molecule has 9 heteroatoms. The van der Waals surface area contributed by atoms with Crippen LogP contribution >= 0.6 is 19.8 Å². The van der Waals surface area contributed by atoms with Gasteiger partial charge in [-0.3, -0.25) is 4.40 Å². The predicted octanol–water partition coefficient (Wildman–Crippen LogP) is 5.89. The number of benzene rings is 2. The maximum absolute atomic E-state index is 11.5.